The second kappa shape index (κ2) is 11.3. The maximum atomic E-state index is 15.3. The molecule has 0 bridgehead atoms. The lowest BCUT2D eigenvalue weighted by Gasteiger charge is -2.17. The van der Waals surface area contributed by atoms with Crippen molar-refractivity contribution in [1.82, 2.24) is 0 Å². The van der Waals surface area contributed by atoms with Gasteiger partial charge in [-0.15, -0.1) is 22.7 Å². The second-order valence-electron chi connectivity index (χ2n) is 10.0. The van der Waals surface area contributed by atoms with Gasteiger partial charge in [0, 0.05) is 58.2 Å². The molecule has 6 rings (SSSR count). The van der Waals surface area contributed by atoms with Crippen LogP contribution in [0.2, 0.25) is 0 Å². The maximum Gasteiger partial charge on any atom is 0.210 e. The van der Waals surface area contributed by atoms with Gasteiger partial charge in [-0.3, -0.25) is 0 Å². The highest BCUT2D eigenvalue weighted by Gasteiger charge is 2.33. The van der Waals surface area contributed by atoms with Gasteiger partial charge >= 0.3 is 0 Å². The van der Waals surface area contributed by atoms with Crippen molar-refractivity contribution in [2.45, 2.75) is 63.2 Å². The standard InChI is InChI=1S/C32H26Br4O2S3/c1-5-15-13-23-25(19-9-11-21(33)17(7-3)29(19)39-23)31(27(15)35)41(37,38)32-26-20-10-12-22(34)18(8-4)30(20)40-24(26)14-16(6-2)28(32)36/h9-14H,5-8H2,1-4H3. The minimum absolute atomic E-state index is 0.366. The van der Waals surface area contributed by atoms with Crippen molar-refractivity contribution in [2.75, 3.05) is 0 Å². The molecule has 6 aromatic rings. The van der Waals surface area contributed by atoms with E-state index in [0.717, 1.165) is 86.1 Å². The zero-order chi connectivity index (χ0) is 29.4. The first-order valence-corrected chi connectivity index (χ1v) is 19.8. The van der Waals surface area contributed by atoms with Crippen molar-refractivity contribution in [3.8, 4) is 0 Å². The molecule has 0 aliphatic heterocycles. The Labute approximate surface area is 282 Å². The number of thiophene rings is 2. The quantitative estimate of drug-likeness (QED) is 0.167. The topological polar surface area (TPSA) is 34.1 Å². The Morgan fingerprint density at radius 2 is 1.00 bits per heavy atom. The van der Waals surface area contributed by atoms with E-state index in [9.17, 15) is 0 Å². The average molecular weight is 858 g/mol. The van der Waals surface area contributed by atoms with Crippen molar-refractivity contribution >= 4 is 137 Å². The van der Waals surface area contributed by atoms with Crippen LogP contribution in [-0.4, -0.2) is 8.42 Å². The van der Waals surface area contributed by atoms with E-state index >= 15 is 8.42 Å². The SMILES string of the molecule is CCc1cc2sc3c(CC)c(Br)ccc3c2c(S(=O)(=O)c2c(Br)c(CC)cc3sc4c(CC)c(Br)ccc4c23)c1Br. The van der Waals surface area contributed by atoms with Crippen LogP contribution in [-0.2, 0) is 35.5 Å². The fourth-order valence-electron chi connectivity index (χ4n) is 5.83. The van der Waals surface area contributed by atoms with E-state index in [1.807, 2.05) is 12.1 Å². The fraction of sp³-hybridized carbons (Fsp3) is 0.250. The van der Waals surface area contributed by atoms with E-state index in [2.05, 4.69) is 116 Å². The van der Waals surface area contributed by atoms with Gasteiger partial charge < -0.3 is 0 Å². The molecule has 0 N–H and O–H groups in total. The molecular formula is C32H26Br4O2S3. The molecule has 0 atom stereocenters. The van der Waals surface area contributed by atoms with E-state index < -0.39 is 9.84 Å². The molecule has 0 radical (unpaired) electrons. The van der Waals surface area contributed by atoms with Crippen molar-refractivity contribution < 1.29 is 8.42 Å². The number of hydrogen-bond donors (Lipinski definition) is 0. The molecule has 0 saturated heterocycles. The van der Waals surface area contributed by atoms with Gasteiger partial charge in [-0.2, -0.15) is 0 Å². The molecule has 212 valence electrons. The van der Waals surface area contributed by atoms with E-state index in [1.54, 1.807) is 22.7 Å². The van der Waals surface area contributed by atoms with Gasteiger partial charge in [-0.1, -0.05) is 71.7 Å². The van der Waals surface area contributed by atoms with E-state index in [-0.39, 0.29) is 0 Å². The average Bonchev–Trinajstić information content (AvgIpc) is 3.49. The summed E-state index contributed by atoms with van der Waals surface area (Å²) in [5.41, 5.74) is 4.40. The Morgan fingerprint density at radius 1 is 0.610 bits per heavy atom. The molecule has 0 fully saturated rings. The van der Waals surface area contributed by atoms with Gasteiger partial charge in [0.05, 0.1) is 9.79 Å². The summed E-state index contributed by atoms with van der Waals surface area (Å²) in [6, 6.07) is 12.5. The highest BCUT2D eigenvalue weighted by Crippen LogP contribution is 2.51. The first-order valence-electron chi connectivity index (χ1n) is 13.5. The van der Waals surface area contributed by atoms with Crippen LogP contribution in [0.15, 0.2) is 64.1 Å². The van der Waals surface area contributed by atoms with Gasteiger partial charge in [0.25, 0.3) is 0 Å². The Balaban J connectivity index is 1.83. The highest BCUT2D eigenvalue weighted by molar-refractivity contribution is 9.11. The third-order valence-electron chi connectivity index (χ3n) is 7.90. The molecule has 0 saturated carbocycles. The lowest BCUT2D eigenvalue weighted by atomic mass is 10.1. The maximum absolute atomic E-state index is 15.3. The molecule has 0 unspecified atom stereocenters. The van der Waals surface area contributed by atoms with Gasteiger partial charge in [-0.05, 0) is 104 Å². The number of aryl methyl sites for hydroxylation is 4. The van der Waals surface area contributed by atoms with Crippen molar-refractivity contribution in [3.63, 3.8) is 0 Å². The lowest BCUT2D eigenvalue weighted by molar-refractivity contribution is 0.596. The van der Waals surface area contributed by atoms with E-state index in [0.29, 0.717) is 18.7 Å². The predicted octanol–water partition coefficient (Wildman–Crippen LogP) is 12.6. The monoisotopic (exact) mass is 854 g/mol. The molecule has 2 heterocycles. The molecule has 2 aromatic heterocycles. The molecule has 4 aromatic carbocycles. The van der Waals surface area contributed by atoms with Crippen LogP contribution in [0, 0.1) is 0 Å². The molecule has 0 amide bonds. The van der Waals surface area contributed by atoms with Crippen LogP contribution in [0.25, 0.3) is 40.3 Å². The normalized spacial score (nSPS) is 12.5. The summed E-state index contributed by atoms with van der Waals surface area (Å²) in [5, 5.41) is 3.57. The van der Waals surface area contributed by atoms with Gasteiger partial charge in [0.15, 0.2) is 0 Å². The summed E-state index contributed by atoms with van der Waals surface area (Å²) in [6.07, 6.45) is 3.15. The van der Waals surface area contributed by atoms with Gasteiger partial charge in [0.2, 0.25) is 9.84 Å². The Hall–Kier alpha value is -0.810. The number of hydrogen-bond acceptors (Lipinski definition) is 4. The smallest absolute Gasteiger partial charge is 0.210 e. The zero-order valence-corrected chi connectivity index (χ0v) is 31.6. The molecule has 0 aliphatic carbocycles. The summed E-state index contributed by atoms with van der Waals surface area (Å²) < 4.78 is 38.3. The number of rotatable bonds is 6. The molecule has 41 heavy (non-hydrogen) atoms. The number of benzene rings is 4. The van der Waals surface area contributed by atoms with Crippen LogP contribution in [0.1, 0.15) is 49.9 Å². The molecule has 9 heteroatoms. The van der Waals surface area contributed by atoms with E-state index in [4.69, 9.17) is 0 Å². The minimum atomic E-state index is -4.00. The fourth-order valence-corrected chi connectivity index (χ4v) is 14.6. The Kier molecular flexibility index (Phi) is 8.31. The summed E-state index contributed by atoms with van der Waals surface area (Å²) in [6.45, 7) is 8.44. The van der Waals surface area contributed by atoms with Crippen LogP contribution in [0.3, 0.4) is 0 Å². The van der Waals surface area contributed by atoms with Crippen molar-refractivity contribution in [2.24, 2.45) is 0 Å². The number of sulfone groups is 1. The van der Waals surface area contributed by atoms with Crippen LogP contribution in [0.4, 0.5) is 0 Å². The Morgan fingerprint density at radius 3 is 1.34 bits per heavy atom. The molecule has 0 spiro atoms. The summed E-state index contributed by atoms with van der Waals surface area (Å²) in [5.74, 6) is 0. The summed E-state index contributed by atoms with van der Waals surface area (Å²) in [7, 11) is -4.00. The second-order valence-corrected chi connectivity index (χ2v) is 17.3. The van der Waals surface area contributed by atoms with Crippen molar-refractivity contribution in [3.05, 3.63) is 76.5 Å². The third-order valence-corrected chi connectivity index (χ3v) is 16.0. The highest BCUT2D eigenvalue weighted by atomic mass is 79.9. The molecular weight excluding hydrogens is 832 g/mol. The number of halogens is 4. The van der Waals surface area contributed by atoms with E-state index in [1.165, 1.54) is 11.1 Å². The van der Waals surface area contributed by atoms with Crippen LogP contribution >= 0.6 is 86.4 Å². The predicted molar refractivity (Wildman–Crippen MR) is 192 cm³/mol. The lowest BCUT2D eigenvalue weighted by Crippen LogP contribution is -2.08. The first kappa shape index (κ1) is 30.2. The van der Waals surface area contributed by atoms with Gasteiger partial charge in [0.1, 0.15) is 0 Å². The summed E-state index contributed by atoms with van der Waals surface area (Å²) in [4.78, 5) is 0.731. The minimum Gasteiger partial charge on any atom is -0.218 e. The largest absolute Gasteiger partial charge is 0.218 e. The zero-order valence-electron chi connectivity index (χ0n) is 22.8. The van der Waals surface area contributed by atoms with Crippen molar-refractivity contribution in [1.29, 1.82) is 0 Å². The summed E-state index contributed by atoms with van der Waals surface area (Å²) >= 11 is 18.5. The first-order chi connectivity index (χ1) is 19.6. The Bertz CT molecular complexity index is 2010. The van der Waals surface area contributed by atoms with Crippen LogP contribution < -0.4 is 0 Å². The molecule has 0 aliphatic rings. The third kappa shape index (κ3) is 4.55. The van der Waals surface area contributed by atoms with Gasteiger partial charge in [-0.25, -0.2) is 8.42 Å². The number of fused-ring (bicyclic) bond motifs is 6. The molecule has 2 nitrogen and oxygen atoms in total. The van der Waals surface area contributed by atoms with Crippen LogP contribution in [0.5, 0.6) is 0 Å².